The van der Waals surface area contributed by atoms with Gasteiger partial charge in [0.05, 0.1) is 17.8 Å². The van der Waals surface area contributed by atoms with Crippen molar-refractivity contribution in [1.29, 1.82) is 0 Å². The summed E-state index contributed by atoms with van der Waals surface area (Å²) in [6.07, 6.45) is 0.959. The molecule has 2 aromatic heterocycles. The van der Waals surface area contributed by atoms with Crippen LogP contribution in [-0.4, -0.2) is 26.1 Å². The van der Waals surface area contributed by atoms with Crippen molar-refractivity contribution in [3.05, 3.63) is 29.7 Å². The lowest BCUT2D eigenvalue weighted by atomic mass is 10.1. The molecule has 4 rings (SSSR count). The van der Waals surface area contributed by atoms with Crippen LogP contribution in [0.15, 0.2) is 12.3 Å². The Bertz CT molecular complexity index is 953. The van der Waals surface area contributed by atoms with Crippen molar-refractivity contribution in [3.63, 3.8) is 0 Å². The second-order valence-electron chi connectivity index (χ2n) is 5.55. The average molecular weight is 317 g/mol. The predicted octanol–water partition coefficient (Wildman–Crippen LogP) is 2.62. The third kappa shape index (κ3) is 1.87. The fourth-order valence-corrected chi connectivity index (χ4v) is 3.03. The summed E-state index contributed by atoms with van der Waals surface area (Å²) in [4.78, 5) is 11.8. The smallest absolute Gasteiger partial charge is 0.220 e. The fourth-order valence-electron chi connectivity index (χ4n) is 3.03. The maximum absolute atomic E-state index is 14.5. The maximum Gasteiger partial charge on any atom is 0.220 e. The molecule has 8 heteroatoms. The number of ether oxygens (including phenoxy) is 1. The number of halogens is 2. The molecule has 0 unspecified atom stereocenters. The van der Waals surface area contributed by atoms with E-state index >= 15 is 0 Å². The van der Waals surface area contributed by atoms with E-state index in [9.17, 15) is 8.78 Å². The van der Waals surface area contributed by atoms with Crippen LogP contribution in [0.25, 0.3) is 22.3 Å². The largest absolute Gasteiger partial charge is 0.488 e. The van der Waals surface area contributed by atoms with Crippen LogP contribution in [0, 0.1) is 18.6 Å². The van der Waals surface area contributed by atoms with Crippen molar-refractivity contribution >= 4 is 17.0 Å². The number of aryl methyl sites for hydroxylation is 1. The highest BCUT2D eigenvalue weighted by Crippen LogP contribution is 2.42. The van der Waals surface area contributed by atoms with Crippen LogP contribution < -0.4 is 10.5 Å². The van der Waals surface area contributed by atoms with Crippen LogP contribution in [0.2, 0.25) is 0 Å². The number of anilines is 1. The Labute approximate surface area is 129 Å². The lowest BCUT2D eigenvalue weighted by Gasteiger charge is -2.25. The van der Waals surface area contributed by atoms with Gasteiger partial charge >= 0.3 is 0 Å². The Morgan fingerprint density at radius 2 is 2.09 bits per heavy atom. The Kier molecular flexibility index (Phi) is 2.78. The van der Waals surface area contributed by atoms with Crippen LogP contribution in [0.1, 0.15) is 18.8 Å². The molecule has 3 aromatic rings. The van der Waals surface area contributed by atoms with Crippen LogP contribution in [-0.2, 0) is 0 Å². The molecule has 0 saturated carbocycles. The van der Waals surface area contributed by atoms with Gasteiger partial charge in [0.25, 0.3) is 0 Å². The highest BCUT2D eigenvalue weighted by Gasteiger charge is 2.29. The van der Waals surface area contributed by atoms with Crippen molar-refractivity contribution in [2.45, 2.75) is 19.9 Å². The molecule has 6 nitrogen and oxygen atoms in total. The SMILES string of the molecule is Cc1nc2c(F)cc(-c3nc(N)ncc3F)c3c2n1[C@H](C)CO3. The zero-order chi connectivity index (χ0) is 16.3. The number of nitrogens with zero attached hydrogens (tertiary/aromatic N) is 4. The van der Waals surface area contributed by atoms with Gasteiger partial charge in [-0.15, -0.1) is 0 Å². The number of hydrogen-bond donors (Lipinski definition) is 1. The molecule has 0 radical (unpaired) electrons. The zero-order valence-electron chi connectivity index (χ0n) is 12.5. The van der Waals surface area contributed by atoms with Crippen molar-refractivity contribution in [2.75, 3.05) is 12.3 Å². The summed E-state index contributed by atoms with van der Waals surface area (Å²) >= 11 is 0. The summed E-state index contributed by atoms with van der Waals surface area (Å²) in [6.45, 7) is 4.12. The van der Waals surface area contributed by atoms with E-state index in [2.05, 4.69) is 15.0 Å². The van der Waals surface area contributed by atoms with E-state index in [0.29, 0.717) is 23.7 Å². The number of rotatable bonds is 1. The molecule has 0 spiro atoms. The molecule has 0 amide bonds. The molecular formula is C15H13F2N5O. The first-order valence-electron chi connectivity index (χ1n) is 7.09. The molecule has 23 heavy (non-hydrogen) atoms. The lowest BCUT2D eigenvalue weighted by molar-refractivity contribution is 0.247. The predicted molar refractivity (Wildman–Crippen MR) is 80.0 cm³/mol. The van der Waals surface area contributed by atoms with Crippen molar-refractivity contribution in [2.24, 2.45) is 0 Å². The first-order chi connectivity index (χ1) is 11.0. The summed E-state index contributed by atoms with van der Waals surface area (Å²) in [7, 11) is 0. The van der Waals surface area contributed by atoms with E-state index in [1.54, 1.807) is 6.92 Å². The highest BCUT2D eigenvalue weighted by atomic mass is 19.1. The van der Waals surface area contributed by atoms with Gasteiger partial charge in [0.1, 0.15) is 29.2 Å². The van der Waals surface area contributed by atoms with Gasteiger partial charge in [-0.05, 0) is 19.9 Å². The van der Waals surface area contributed by atoms with Crippen molar-refractivity contribution in [3.8, 4) is 17.0 Å². The van der Waals surface area contributed by atoms with E-state index in [-0.39, 0.29) is 28.8 Å². The summed E-state index contributed by atoms with van der Waals surface area (Å²) in [5.41, 5.74) is 6.36. The maximum atomic E-state index is 14.5. The molecular weight excluding hydrogens is 304 g/mol. The van der Waals surface area contributed by atoms with E-state index in [1.165, 1.54) is 6.07 Å². The van der Waals surface area contributed by atoms with Crippen molar-refractivity contribution in [1.82, 2.24) is 19.5 Å². The Morgan fingerprint density at radius 3 is 2.87 bits per heavy atom. The molecule has 1 atom stereocenters. The quantitative estimate of drug-likeness (QED) is 0.746. The van der Waals surface area contributed by atoms with E-state index in [4.69, 9.17) is 10.5 Å². The molecule has 0 saturated heterocycles. The average Bonchev–Trinajstić information content (AvgIpc) is 2.87. The Hall–Kier alpha value is -2.77. The molecule has 1 aliphatic rings. The molecule has 1 aromatic carbocycles. The Morgan fingerprint density at radius 1 is 1.30 bits per heavy atom. The highest BCUT2D eigenvalue weighted by molar-refractivity contribution is 5.91. The standard InChI is InChI=1S/C15H13F2N5O/c1-6-5-23-14-8(11-10(17)4-19-15(18)21-11)3-9(16)12-13(14)22(6)7(2)20-12/h3-4,6H,5H2,1-2H3,(H2,18,19,21)/t6-/m1/s1. The van der Waals surface area contributed by atoms with E-state index < -0.39 is 11.6 Å². The number of aromatic nitrogens is 4. The number of benzene rings is 1. The minimum Gasteiger partial charge on any atom is -0.488 e. The third-order valence-electron chi connectivity index (χ3n) is 3.97. The monoisotopic (exact) mass is 317 g/mol. The molecule has 118 valence electrons. The second kappa shape index (κ2) is 4.61. The number of nitrogen functional groups attached to an aromatic ring is 1. The summed E-state index contributed by atoms with van der Waals surface area (Å²) in [5.74, 6) is -0.315. The first kappa shape index (κ1) is 13.9. The molecule has 1 aliphatic heterocycles. The van der Waals surface area contributed by atoms with Crippen LogP contribution in [0.4, 0.5) is 14.7 Å². The summed E-state index contributed by atoms with van der Waals surface area (Å²) in [5, 5.41) is 0. The van der Waals surface area contributed by atoms with Gasteiger partial charge in [-0.3, -0.25) is 0 Å². The Balaban J connectivity index is 2.12. The first-order valence-corrected chi connectivity index (χ1v) is 7.09. The van der Waals surface area contributed by atoms with Crippen molar-refractivity contribution < 1.29 is 13.5 Å². The minimum absolute atomic E-state index is 0.00228. The van der Waals surface area contributed by atoms with Gasteiger partial charge in [0, 0.05) is 0 Å². The summed E-state index contributed by atoms with van der Waals surface area (Å²) in [6, 6.07) is 1.18. The van der Waals surface area contributed by atoms with Gasteiger partial charge in [-0.1, -0.05) is 0 Å². The topological polar surface area (TPSA) is 78.9 Å². The van der Waals surface area contributed by atoms with Gasteiger partial charge in [-0.2, -0.15) is 0 Å². The number of nitrogens with two attached hydrogens (primary N) is 1. The molecule has 3 heterocycles. The van der Waals surface area contributed by atoms with Crippen LogP contribution >= 0.6 is 0 Å². The second-order valence-corrected chi connectivity index (χ2v) is 5.55. The van der Waals surface area contributed by atoms with Gasteiger partial charge in [-0.25, -0.2) is 23.7 Å². The molecule has 2 N–H and O–H groups in total. The van der Waals surface area contributed by atoms with Crippen LogP contribution in [0.3, 0.4) is 0 Å². The van der Waals surface area contributed by atoms with E-state index in [1.807, 2.05) is 11.5 Å². The normalized spacial score (nSPS) is 16.6. The third-order valence-corrected chi connectivity index (χ3v) is 3.97. The molecule has 0 fully saturated rings. The summed E-state index contributed by atoms with van der Waals surface area (Å²) < 4.78 is 36.3. The zero-order valence-corrected chi connectivity index (χ0v) is 12.5. The van der Waals surface area contributed by atoms with Gasteiger partial charge < -0.3 is 15.0 Å². The van der Waals surface area contributed by atoms with Crippen LogP contribution in [0.5, 0.6) is 5.75 Å². The number of imidazole rings is 1. The lowest BCUT2D eigenvalue weighted by Crippen LogP contribution is -2.21. The molecule has 0 aliphatic carbocycles. The molecule has 0 bridgehead atoms. The number of hydrogen-bond acceptors (Lipinski definition) is 5. The minimum atomic E-state index is -0.695. The van der Waals surface area contributed by atoms with Gasteiger partial charge in [0.15, 0.2) is 17.4 Å². The van der Waals surface area contributed by atoms with Gasteiger partial charge in [0.2, 0.25) is 5.95 Å². The fraction of sp³-hybridized carbons (Fsp3) is 0.267. The van der Waals surface area contributed by atoms with E-state index in [0.717, 1.165) is 6.20 Å².